The van der Waals surface area contributed by atoms with Crippen LogP contribution in [0, 0.1) is 18.8 Å². The topological polar surface area (TPSA) is 81.7 Å². The van der Waals surface area contributed by atoms with Crippen LogP contribution in [0.15, 0.2) is 18.2 Å². The summed E-state index contributed by atoms with van der Waals surface area (Å²) >= 11 is 0. The van der Waals surface area contributed by atoms with Crippen molar-refractivity contribution in [3.63, 3.8) is 0 Å². The zero-order valence-corrected chi connectivity index (χ0v) is 13.7. The lowest BCUT2D eigenvalue weighted by Gasteiger charge is -2.41. The fourth-order valence-corrected chi connectivity index (χ4v) is 2.96. The number of benzene rings is 1. The van der Waals surface area contributed by atoms with Gasteiger partial charge in [-0.1, -0.05) is 25.5 Å². The van der Waals surface area contributed by atoms with Crippen molar-refractivity contribution in [3.8, 4) is 5.75 Å². The number of ether oxygens (including phenoxy) is 2. The van der Waals surface area contributed by atoms with E-state index in [2.05, 4.69) is 5.32 Å². The van der Waals surface area contributed by atoms with Crippen LogP contribution in [0.25, 0.3) is 0 Å². The first-order valence-corrected chi connectivity index (χ1v) is 7.60. The summed E-state index contributed by atoms with van der Waals surface area (Å²) in [5, 5.41) is 2.56. The summed E-state index contributed by atoms with van der Waals surface area (Å²) in [6, 6.07) is 5.14. The summed E-state index contributed by atoms with van der Waals surface area (Å²) in [7, 11) is 0. The zero-order chi connectivity index (χ0) is 17.2. The number of fused-ring (bicyclic) bond motifs is 1. The predicted octanol–water partition coefficient (Wildman–Crippen LogP) is 2.33. The van der Waals surface area contributed by atoms with Gasteiger partial charge in [-0.3, -0.25) is 0 Å². The maximum absolute atomic E-state index is 12.8. The van der Waals surface area contributed by atoms with Crippen molar-refractivity contribution in [2.45, 2.75) is 33.2 Å². The fraction of sp³-hybridized carbons (Fsp3) is 0.471. The molecule has 2 rings (SSSR count). The molecule has 0 aromatic heterocycles. The Morgan fingerprint density at radius 1 is 1.43 bits per heavy atom. The first-order valence-electron chi connectivity index (χ1n) is 7.60. The van der Waals surface area contributed by atoms with E-state index in [1.165, 1.54) is 0 Å². The van der Waals surface area contributed by atoms with Crippen molar-refractivity contribution in [2.75, 3.05) is 6.61 Å². The van der Waals surface area contributed by atoms with Crippen molar-refractivity contribution in [3.05, 3.63) is 29.3 Å². The van der Waals surface area contributed by atoms with Gasteiger partial charge in [-0.15, -0.1) is 0 Å². The number of hydrogen-bond donors (Lipinski definition) is 1. The third-order valence-electron chi connectivity index (χ3n) is 4.02. The van der Waals surface area contributed by atoms with Crippen LogP contribution < -0.4 is 10.1 Å². The van der Waals surface area contributed by atoms with Crippen LogP contribution in [0.1, 0.15) is 31.9 Å². The molecule has 1 aliphatic rings. The van der Waals surface area contributed by atoms with E-state index in [1.54, 1.807) is 25.1 Å². The van der Waals surface area contributed by atoms with Gasteiger partial charge in [0, 0.05) is 5.56 Å². The van der Waals surface area contributed by atoms with E-state index in [0.717, 1.165) is 5.56 Å². The standard InChI is InChI=1S/C17H21NO5/c1-5-22-15(20)17(13(9-19)10(2)3)12-8-11(4)6-7-14(12)23-16(21)18-17/h6-10,13H,5H2,1-4H3,(H,18,21)/t13-,17+/m1/s1. The van der Waals surface area contributed by atoms with Crippen LogP contribution in [-0.4, -0.2) is 25.0 Å². The Labute approximate surface area is 135 Å². The average molecular weight is 319 g/mol. The highest BCUT2D eigenvalue weighted by molar-refractivity contribution is 5.94. The van der Waals surface area contributed by atoms with Crippen molar-refractivity contribution in [1.29, 1.82) is 0 Å². The highest BCUT2D eigenvalue weighted by atomic mass is 16.6. The molecule has 1 N–H and O–H groups in total. The second kappa shape index (κ2) is 6.40. The molecule has 1 aliphatic heterocycles. The van der Waals surface area contributed by atoms with Gasteiger partial charge in [-0.2, -0.15) is 0 Å². The Balaban J connectivity index is 2.76. The molecule has 1 amide bonds. The summed E-state index contributed by atoms with van der Waals surface area (Å²) in [4.78, 5) is 36.6. The number of aryl methyl sites for hydroxylation is 1. The molecule has 0 unspecified atom stereocenters. The summed E-state index contributed by atoms with van der Waals surface area (Å²) in [5.74, 6) is -1.37. The van der Waals surface area contributed by atoms with Crippen LogP contribution in [0.4, 0.5) is 4.79 Å². The van der Waals surface area contributed by atoms with Gasteiger partial charge >= 0.3 is 12.1 Å². The molecule has 1 aromatic carbocycles. The molecular formula is C17H21NO5. The van der Waals surface area contributed by atoms with E-state index in [1.807, 2.05) is 20.8 Å². The molecule has 0 spiro atoms. The van der Waals surface area contributed by atoms with Gasteiger partial charge in [0.05, 0.1) is 12.5 Å². The highest BCUT2D eigenvalue weighted by Gasteiger charge is 2.55. The Morgan fingerprint density at radius 3 is 2.70 bits per heavy atom. The number of carbonyl (C=O) groups is 3. The van der Waals surface area contributed by atoms with Gasteiger partial charge < -0.3 is 19.6 Å². The monoisotopic (exact) mass is 319 g/mol. The molecule has 1 heterocycles. The number of esters is 1. The molecule has 0 saturated heterocycles. The fourth-order valence-electron chi connectivity index (χ4n) is 2.96. The van der Waals surface area contributed by atoms with Crippen LogP contribution in [-0.2, 0) is 19.9 Å². The SMILES string of the molecule is CCOC(=O)[C@]1([C@H](C=O)C(C)C)NC(=O)Oc2ccc(C)cc21. The Bertz CT molecular complexity index is 640. The van der Waals surface area contributed by atoms with Crippen molar-refractivity contribution in [2.24, 2.45) is 11.8 Å². The van der Waals surface area contributed by atoms with Gasteiger partial charge in [0.15, 0.2) is 5.54 Å². The molecule has 0 saturated carbocycles. The molecular weight excluding hydrogens is 298 g/mol. The largest absolute Gasteiger partial charge is 0.464 e. The number of rotatable bonds is 5. The summed E-state index contributed by atoms with van der Waals surface area (Å²) in [6.45, 7) is 7.31. The molecule has 124 valence electrons. The minimum absolute atomic E-state index is 0.141. The number of amides is 1. The maximum atomic E-state index is 12.8. The molecule has 23 heavy (non-hydrogen) atoms. The smallest absolute Gasteiger partial charge is 0.413 e. The third kappa shape index (κ3) is 2.81. The molecule has 0 radical (unpaired) electrons. The van der Waals surface area contributed by atoms with E-state index < -0.39 is 23.5 Å². The van der Waals surface area contributed by atoms with E-state index in [4.69, 9.17) is 9.47 Å². The lowest BCUT2D eigenvalue weighted by molar-refractivity contribution is -0.157. The summed E-state index contributed by atoms with van der Waals surface area (Å²) in [6.07, 6.45) is -0.0823. The van der Waals surface area contributed by atoms with E-state index >= 15 is 0 Å². The number of carbonyl (C=O) groups excluding carboxylic acids is 3. The minimum atomic E-state index is -1.58. The normalized spacial score (nSPS) is 21.0. The molecule has 0 fully saturated rings. The van der Waals surface area contributed by atoms with E-state index in [-0.39, 0.29) is 18.3 Å². The second-order valence-electron chi connectivity index (χ2n) is 5.95. The van der Waals surface area contributed by atoms with Gasteiger partial charge in [0.1, 0.15) is 12.0 Å². The first kappa shape index (κ1) is 17.0. The van der Waals surface area contributed by atoms with Crippen LogP contribution >= 0.6 is 0 Å². The van der Waals surface area contributed by atoms with Crippen molar-refractivity contribution in [1.82, 2.24) is 5.32 Å². The predicted molar refractivity (Wildman–Crippen MR) is 83.0 cm³/mol. The van der Waals surface area contributed by atoms with E-state index in [0.29, 0.717) is 11.8 Å². The molecule has 2 atom stereocenters. The average Bonchev–Trinajstić information content (AvgIpc) is 2.48. The van der Waals surface area contributed by atoms with Crippen LogP contribution in [0.2, 0.25) is 0 Å². The lowest BCUT2D eigenvalue weighted by atomic mass is 9.72. The Morgan fingerprint density at radius 2 is 2.13 bits per heavy atom. The number of nitrogens with one attached hydrogen (secondary N) is 1. The van der Waals surface area contributed by atoms with Gasteiger partial charge in [-0.05, 0) is 31.9 Å². The van der Waals surface area contributed by atoms with Crippen molar-refractivity contribution >= 4 is 18.3 Å². The molecule has 6 heteroatoms. The summed E-state index contributed by atoms with van der Waals surface area (Å²) < 4.78 is 10.4. The molecule has 0 aliphatic carbocycles. The molecule has 1 aromatic rings. The second-order valence-corrected chi connectivity index (χ2v) is 5.95. The molecule has 6 nitrogen and oxygen atoms in total. The third-order valence-corrected chi connectivity index (χ3v) is 4.02. The van der Waals surface area contributed by atoms with Gasteiger partial charge in [0.2, 0.25) is 0 Å². The highest BCUT2D eigenvalue weighted by Crippen LogP contribution is 2.42. The van der Waals surface area contributed by atoms with Gasteiger partial charge in [-0.25, -0.2) is 9.59 Å². The first-order chi connectivity index (χ1) is 10.9. The van der Waals surface area contributed by atoms with Crippen molar-refractivity contribution < 1.29 is 23.9 Å². The number of aldehydes is 1. The van der Waals surface area contributed by atoms with E-state index in [9.17, 15) is 14.4 Å². The summed E-state index contributed by atoms with van der Waals surface area (Å²) in [5.41, 5.74) is -0.255. The maximum Gasteiger partial charge on any atom is 0.413 e. The number of hydrogen-bond acceptors (Lipinski definition) is 5. The van der Waals surface area contributed by atoms with Crippen LogP contribution in [0.5, 0.6) is 5.75 Å². The zero-order valence-electron chi connectivity index (χ0n) is 13.7. The minimum Gasteiger partial charge on any atom is -0.464 e. The van der Waals surface area contributed by atoms with Crippen LogP contribution in [0.3, 0.4) is 0 Å². The van der Waals surface area contributed by atoms with Gasteiger partial charge in [0.25, 0.3) is 0 Å². The Kier molecular flexibility index (Phi) is 4.73. The quantitative estimate of drug-likeness (QED) is 0.665. The Hall–Kier alpha value is -2.37. The molecule has 0 bridgehead atoms. The lowest BCUT2D eigenvalue weighted by Crippen LogP contribution is -2.62.